The first-order valence-electron chi connectivity index (χ1n) is 9.83. The van der Waals surface area contributed by atoms with E-state index >= 15 is 0 Å². The predicted octanol–water partition coefficient (Wildman–Crippen LogP) is 5.86. The van der Waals surface area contributed by atoms with Gasteiger partial charge in [-0.3, -0.25) is 4.79 Å². The maximum absolute atomic E-state index is 11.7. The molecule has 0 saturated heterocycles. The summed E-state index contributed by atoms with van der Waals surface area (Å²) in [5.41, 5.74) is 2.60. The fourth-order valence-electron chi connectivity index (χ4n) is 3.49. The highest BCUT2D eigenvalue weighted by Gasteiger charge is 2.37. The Bertz CT molecular complexity index is 999. The van der Waals surface area contributed by atoms with Gasteiger partial charge in [0.1, 0.15) is 5.54 Å². The summed E-state index contributed by atoms with van der Waals surface area (Å²) >= 11 is 1.32. The van der Waals surface area contributed by atoms with E-state index in [4.69, 9.17) is 4.74 Å². The maximum Gasteiger partial charge on any atom is 0.311 e. The van der Waals surface area contributed by atoms with E-state index < -0.39 is 5.54 Å². The molecule has 4 rings (SSSR count). The van der Waals surface area contributed by atoms with Gasteiger partial charge in [0.2, 0.25) is 5.06 Å². The number of anilines is 1. The molecule has 0 spiro atoms. The van der Waals surface area contributed by atoms with Crippen molar-refractivity contribution in [3.63, 3.8) is 0 Å². The molecule has 0 aliphatic heterocycles. The van der Waals surface area contributed by atoms with Crippen molar-refractivity contribution in [1.29, 1.82) is 0 Å². The first-order chi connectivity index (χ1) is 14.7. The lowest BCUT2D eigenvalue weighted by Crippen LogP contribution is -2.38. The second-order valence-electron chi connectivity index (χ2n) is 6.79. The Labute approximate surface area is 180 Å². The van der Waals surface area contributed by atoms with E-state index in [1.54, 1.807) is 13.1 Å². The Morgan fingerprint density at radius 1 is 0.867 bits per heavy atom. The number of carbonyl (C=O) groups excluding carboxylic acids is 1. The quantitative estimate of drug-likeness (QED) is 0.304. The van der Waals surface area contributed by atoms with Gasteiger partial charge < -0.3 is 10.1 Å². The second kappa shape index (κ2) is 8.93. The van der Waals surface area contributed by atoms with Crippen LogP contribution in [-0.2, 0) is 10.3 Å². The van der Waals surface area contributed by atoms with Crippen LogP contribution in [0.3, 0.4) is 0 Å². The Balaban J connectivity index is 1.86. The first kappa shape index (κ1) is 19.9. The van der Waals surface area contributed by atoms with E-state index in [9.17, 15) is 4.79 Å². The Morgan fingerprint density at radius 3 is 1.77 bits per heavy atom. The van der Waals surface area contributed by atoms with Gasteiger partial charge in [-0.2, -0.15) is 0 Å². The lowest BCUT2D eigenvalue weighted by molar-refractivity contribution is -0.133. The van der Waals surface area contributed by atoms with Crippen molar-refractivity contribution >= 4 is 22.4 Å². The molecule has 1 heterocycles. The molecule has 0 atom stereocenters. The molecule has 5 heteroatoms. The van der Waals surface area contributed by atoms with Crippen LogP contribution in [-0.4, -0.2) is 11.0 Å². The highest BCUT2D eigenvalue weighted by atomic mass is 32.1. The molecular weight excluding hydrogens is 392 g/mol. The van der Waals surface area contributed by atoms with Gasteiger partial charge in [-0.25, -0.2) is 4.98 Å². The van der Waals surface area contributed by atoms with E-state index in [1.807, 2.05) is 54.6 Å². The number of rotatable bonds is 7. The number of aromatic nitrogens is 1. The Hall–Kier alpha value is -3.44. The van der Waals surface area contributed by atoms with Gasteiger partial charge in [-0.05, 0) is 16.7 Å². The molecule has 0 aliphatic rings. The van der Waals surface area contributed by atoms with Gasteiger partial charge in [0, 0.05) is 6.42 Å². The third-order valence-corrected chi connectivity index (χ3v) is 5.69. The molecule has 0 amide bonds. The standard InChI is InChI=1S/C25H22N2O2S/c1-2-22(28)29-23-18-26-24(30-23)27-25(19-12-6-3-7-13-19,20-14-8-4-9-15-20)21-16-10-5-11-17-21/h3-18H,2H2,1H3,(H,26,27). The molecule has 0 fully saturated rings. The molecule has 0 aliphatic carbocycles. The van der Waals surface area contributed by atoms with E-state index in [0.29, 0.717) is 16.6 Å². The molecule has 0 unspecified atom stereocenters. The maximum atomic E-state index is 11.7. The van der Waals surface area contributed by atoms with Gasteiger partial charge in [0.15, 0.2) is 5.13 Å². The molecule has 1 N–H and O–H groups in total. The Kier molecular flexibility index (Phi) is 5.91. The zero-order valence-electron chi connectivity index (χ0n) is 16.6. The number of esters is 1. The SMILES string of the molecule is CCC(=O)Oc1cnc(NC(c2ccccc2)(c2ccccc2)c2ccccc2)s1. The summed E-state index contributed by atoms with van der Waals surface area (Å²) < 4.78 is 5.35. The van der Waals surface area contributed by atoms with Gasteiger partial charge in [-0.1, -0.05) is 109 Å². The molecule has 4 aromatic rings. The van der Waals surface area contributed by atoms with Crippen molar-refractivity contribution in [3.8, 4) is 5.06 Å². The van der Waals surface area contributed by atoms with Gasteiger partial charge in [0.05, 0.1) is 6.20 Å². The third-order valence-electron chi connectivity index (χ3n) is 4.90. The number of benzene rings is 3. The van der Waals surface area contributed by atoms with Crippen molar-refractivity contribution in [2.45, 2.75) is 18.9 Å². The number of nitrogens with one attached hydrogen (secondary N) is 1. The minimum absolute atomic E-state index is 0.273. The summed E-state index contributed by atoms with van der Waals surface area (Å²) in [6, 6.07) is 30.9. The fraction of sp³-hybridized carbons (Fsp3) is 0.120. The van der Waals surface area contributed by atoms with Crippen molar-refractivity contribution in [2.24, 2.45) is 0 Å². The lowest BCUT2D eigenvalue weighted by atomic mass is 9.77. The summed E-state index contributed by atoms with van der Waals surface area (Å²) in [5, 5.41) is 4.82. The number of thiazole rings is 1. The topological polar surface area (TPSA) is 51.2 Å². The average Bonchev–Trinajstić information content (AvgIpc) is 3.25. The molecular formula is C25H22N2O2S. The summed E-state index contributed by atoms with van der Waals surface area (Å²) in [7, 11) is 0. The van der Waals surface area contributed by atoms with E-state index in [-0.39, 0.29) is 5.97 Å². The first-order valence-corrected chi connectivity index (χ1v) is 10.7. The summed E-state index contributed by atoms with van der Waals surface area (Å²) in [4.78, 5) is 16.2. The minimum atomic E-state index is -0.659. The fourth-order valence-corrected chi connectivity index (χ4v) is 4.23. The van der Waals surface area contributed by atoms with Gasteiger partial charge in [0.25, 0.3) is 0 Å². The average molecular weight is 415 g/mol. The second-order valence-corrected chi connectivity index (χ2v) is 7.78. The normalized spacial score (nSPS) is 11.1. The van der Waals surface area contributed by atoms with E-state index in [2.05, 4.69) is 46.7 Å². The number of carbonyl (C=O) groups is 1. The van der Waals surface area contributed by atoms with Crippen LogP contribution in [0.25, 0.3) is 0 Å². The molecule has 1 aromatic heterocycles. The van der Waals surface area contributed by atoms with Crippen LogP contribution in [0.1, 0.15) is 30.0 Å². The monoisotopic (exact) mass is 414 g/mol. The van der Waals surface area contributed by atoms with E-state index in [1.165, 1.54) is 11.3 Å². The lowest BCUT2D eigenvalue weighted by Gasteiger charge is -2.36. The highest BCUT2D eigenvalue weighted by Crippen LogP contribution is 2.41. The summed E-state index contributed by atoms with van der Waals surface area (Å²) in [5.74, 6) is -0.273. The molecule has 0 saturated carbocycles. The van der Waals surface area contributed by atoms with Crippen molar-refractivity contribution < 1.29 is 9.53 Å². The minimum Gasteiger partial charge on any atom is -0.414 e. The van der Waals surface area contributed by atoms with E-state index in [0.717, 1.165) is 16.7 Å². The van der Waals surface area contributed by atoms with Gasteiger partial charge in [-0.15, -0.1) is 0 Å². The third kappa shape index (κ3) is 3.98. The van der Waals surface area contributed by atoms with Crippen LogP contribution >= 0.6 is 11.3 Å². The number of nitrogens with zero attached hydrogens (tertiary/aromatic N) is 1. The number of hydrogen-bond acceptors (Lipinski definition) is 5. The molecule has 150 valence electrons. The predicted molar refractivity (Wildman–Crippen MR) is 121 cm³/mol. The molecule has 3 aromatic carbocycles. The van der Waals surface area contributed by atoms with Gasteiger partial charge >= 0.3 is 5.97 Å². The molecule has 0 bridgehead atoms. The van der Waals surface area contributed by atoms with Crippen LogP contribution in [0, 0.1) is 0 Å². The number of hydrogen-bond donors (Lipinski definition) is 1. The van der Waals surface area contributed by atoms with Crippen LogP contribution in [0.5, 0.6) is 5.06 Å². The number of ether oxygens (including phenoxy) is 1. The molecule has 4 nitrogen and oxygen atoms in total. The zero-order valence-corrected chi connectivity index (χ0v) is 17.4. The van der Waals surface area contributed by atoms with Crippen LogP contribution < -0.4 is 10.1 Å². The summed E-state index contributed by atoms with van der Waals surface area (Å²) in [6.45, 7) is 1.77. The highest BCUT2D eigenvalue weighted by molar-refractivity contribution is 7.17. The smallest absolute Gasteiger partial charge is 0.311 e. The van der Waals surface area contributed by atoms with Crippen molar-refractivity contribution in [1.82, 2.24) is 4.98 Å². The van der Waals surface area contributed by atoms with Crippen LogP contribution in [0.2, 0.25) is 0 Å². The molecule has 30 heavy (non-hydrogen) atoms. The van der Waals surface area contributed by atoms with Crippen molar-refractivity contribution in [3.05, 3.63) is 114 Å². The Morgan fingerprint density at radius 2 is 1.33 bits per heavy atom. The summed E-state index contributed by atoms with van der Waals surface area (Å²) in [6.07, 6.45) is 1.91. The largest absolute Gasteiger partial charge is 0.414 e. The van der Waals surface area contributed by atoms with Crippen molar-refractivity contribution in [2.75, 3.05) is 5.32 Å². The van der Waals surface area contributed by atoms with Crippen LogP contribution in [0.15, 0.2) is 97.2 Å². The molecule has 0 radical (unpaired) electrons. The zero-order chi connectivity index (χ0) is 20.8. The van der Waals surface area contributed by atoms with Crippen LogP contribution in [0.4, 0.5) is 5.13 Å².